The molecule has 5 heteroatoms. The van der Waals surface area contributed by atoms with Gasteiger partial charge >= 0.3 is 12.0 Å². The lowest BCUT2D eigenvalue weighted by molar-refractivity contribution is -0.138. The van der Waals surface area contributed by atoms with Crippen LogP contribution in [0.1, 0.15) is 24.8 Å². The molecule has 3 N–H and O–H groups in total. The van der Waals surface area contributed by atoms with Crippen LogP contribution in [0.4, 0.5) is 4.79 Å². The van der Waals surface area contributed by atoms with E-state index in [-0.39, 0.29) is 6.04 Å². The number of hydrogen-bond donors (Lipinski definition) is 3. The van der Waals surface area contributed by atoms with Gasteiger partial charge in [-0.05, 0) is 18.9 Å². The van der Waals surface area contributed by atoms with Gasteiger partial charge in [0.2, 0.25) is 0 Å². The van der Waals surface area contributed by atoms with E-state index >= 15 is 0 Å². The zero-order chi connectivity index (χ0) is 13.1. The summed E-state index contributed by atoms with van der Waals surface area (Å²) in [5, 5.41) is 13.8. The van der Waals surface area contributed by atoms with E-state index in [4.69, 9.17) is 5.11 Å². The van der Waals surface area contributed by atoms with Gasteiger partial charge in [-0.3, -0.25) is 4.79 Å². The summed E-state index contributed by atoms with van der Waals surface area (Å²) in [5.74, 6) is -0.697. The van der Waals surface area contributed by atoms with Crippen molar-refractivity contribution in [3.63, 3.8) is 0 Å². The molecule has 0 aromatic heterocycles. The fraction of sp³-hybridized carbons (Fsp3) is 0.385. The Morgan fingerprint density at radius 2 is 2.00 bits per heavy atom. The molecule has 1 fully saturated rings. The standard InChI is InChI=1S/C13H16N2O3/c1-8(12(16)17)14-13(18)15-11-7-10(11)9-5-3-2-4-6-9/h2-6,8,10-11H,7H2,1H3,(H,16,17)(H2,14,15,18)/t8-,10?,11?/m0/s1. The van der Waals surface area contributed by atoms with Gasteiger partial charge in [-0.2, -0.15) is 0 Å². The van der Waals surface area contributed by atoms with Gasteiger partial charge < -0.3 is 15.7 Å². The average molecular weight is 248 g/mol. The zero-order valence-electron chi connectivity index (χ0n) is 10.1. The number of carboxylic acid groups (broad SMARTS) is 1. The number of carbonyl (C=O) groups is 2. The van der Waals surface area contributed by atoms with Crippen molar-refractivity contribution in [1.82, 2.24) is 10.6 Å². The van der Waals surface area contributed by atoms with Gasteiger partial charge in [-0.1, -0.05) is 30.3 Å². The van der Waals surface area contributed by atoms with Crippen LogP contribution in [0.25, 0.3) is 0 Å². The normalized spacial score (nSPS) is 22.9. The zero-order valence-corrected chi connectivity index (χ0v) is 10.1. The average Bonchev–Trinajstić information content (AvgIpc) is 3.09. The molecule has 0 spiro atoms. The molecule has 0 heterocycles. The number of benzene rings is 1. The third-order valence-corrected chi connectivity index (χ3v) is 3.05. The summed E-state index contributed by atoms with van der Waals surface area (Å²) >= 11 is 0. The predicted molar refractivity (Wildman–Crippen MR) is 66.4 cm³/mol. The summed E-state index contributed by atoms with van der Waals surface area (Å²) < 4.78 is 0. The van der Waals surface area contributed by atoms with Crippen molar-refractivity contribution in [2.75, 3.05) is 0 Å². The van der Waals surface area contributed by atoms with Crippen LogP contribution in [0.5, 0.6) is 0 Å². The SMILES string of the molecule is C[C@H](NC(=O)NC1CC1c1ccccc1)C(=O)O. The summed E-state index contributed by atoms with van der Waals surface area (Å²) in [6.07, 6.45) is 0.902. The Hall–Kier alpha value is -2.04. The molecule has 2 amide bonds. The van der Waals surface area contributed by atoms with Gasteiger partial charge in [-0.25, -0.2) is 4.79 Å². The van der Waals surface area contributed by atoms with Crippen LogP contribution in [-0.2, 0) is 4.79 Å². The second-order valence-electron chi connectivity index (χ2n) is 4.54. The second-order valence-corrected chi connectivity index (χ2v) is 4.54. The first-order valence-corrected chi connectivity index (χ1v) is 5.92. The van der Waals surface area contributed by atoms with Gasteiger partial charge in [0.15, 0.2) is 0 Å². The van der Waals surface area contributed by atoms with E-state index in [9.17, 15) is 9.59 Å². The summed E-state index contributed by atoms with van der Waals surface area (Å²) in [7, 11) is 0. The number of rotatable bonds is 4. The van der Waals surface area contributed by atoms with Gasteiger partial charge in [0.05, 0.1) is 0 Å². The van der Waals surface area contributed by atoms with Crippen LogP contribution in [0.2, 0.25) is 0 Å². The fourth-order valence-electron chi connectivity index (χ4n) is 1.89. The maximum atomic E-state index is 11.5. The summed E-state index contributed by atoms with van der Waals surface area (Å²) in [6, 6.07) is 8.76. The number of urea groups is 1. The number of hydrogen-bond acceptors (Lipinski definition) is 2. The first kappa shape index (κ1) is 12.4. The topological polar surface area (TPSA) is 78.4 Å². The van der Waals surface area contributed by atoms with Crippen LogP contribution in [0.15, 0.2) is 30.3 Å². The minimum atomic E-state index is -1.04. The third kappa shape index (κ3) is 3.00. The van der Waals surface area contributed by atoms with Crippen LogP contribution in [-0.4, -0.2) is 29.2 Å². The molecule has 0 radical (unpaired) electrons. The van der Waals surface area contributed by atoms with Gasteiger partial charge in [0, 0.05) is 12.0 Å². The van der Waals surface area contributed by atoms with E-state index in [1.165, 1.54) is 12.5 Å². The highest BCUT2D eigenvalue weighted by molar-refractivity contribution is 5.82. The number of amides is 2. The number of aliphatic carboxylic acids is 1. The Morgan fingerprint density at radius 1 is 1.33 bits per heavy atom. The summed E-state index contributed by atoms with van der Waals surface area (Å²) in [5.41, 5.74) is 1.20. The summed E-state index contributed by atoms with van der Waals surface area (Å²) in [4.78, 5) is 22.1. The lowest BCUT2D eigenvalue weighted by atomic mass is 10.1. The Morgan fingerprint density at radius 3 is 2.61 bits per heavy atom. The molecule has 5 nitrogen and oxygen atoms in total. The molecule has 0 bridgehead atoms. The molecule has 1 saturated carbocycles. The Bertz CT molecular complexity index is 447. The van der Waals surface area contributed by atoms with E-state index < -0.39 is 18.0 Å². The van der Waals surface area contributed by atoms with Crippen molar-refractivity contribution in [2.24, 2.45) is 0 Å². The van der Waals surface area contributed by atoms with Gasteiger partial charge in [0.1, 0.15) is 6.04 Å². The first-order chi connectivity index (χ1) is 8.58. The number of carboxylic acids is 1. The molecular weight excluding hydrogens is 232 g/mol. The lowest BCUT2D eigenvalue weighted by Crippen LogP contribution is -2.45. The summed E-state index contributed by atoms with van der Waals surface area (Å²) in [6.45, 7) is 1.43. The molecular formula is C13H16N2O3. The van der Waals surface area contributed by atoms with Crippen molar-refractivity contribution in [3.8, 4) is 0 Å². The number of carbonyl (C=O) groups excluding carboxylic acids is 1. The quantitative estimate of drug-likeness (QED) is 0.751. The van der Waals surface area contributed by atoms with Gasteiger partial charge in [-0.15, -0.1) is 0 Å². The molecule has 0 aliphatic heterocycles. The fourth-order valence-corrected chi connectivity index (χ4v) is 1.89. The Kier molecular flexibility index (Phi) is 3.50. The molecule has 2 unspecified atom stereocenters. The Labute approximate surface area is 105 Å². The third-order valence-electron chi connectivity index (χ3n) is 3.05. The van der Waals surface area contributed by atoms with Crippen LogP contribution < -0.4 is 10.6 Å². The molecule has 96 valence electrons. The maximum Gasteiger partial charge on any atom is 0.325 e. The highest BCUT2D eigenvalue weighted by Crippen LogP contribution is 2.40. The molecule has 1 aliphatic rings. The van der Waals surface area contributed by atoms with E-state index in [0.29, 0.717) is 5.92 Å². The molecule has 18 heavy (non-hydrogen) atoms. The van der Waals surface area contributed by atoms with Crippen LogP contribution in [0, 0.1) is 0 Å². The molecule has 1 aliphatic carbocycles. The maximum absolute atomic E-state index is 11.5. The van der Waals surface area contributed by atoms with Crippen molar-refractivity contribution >= 4 is 12.0 Å². The first-order valence-electron chi connectivity index (χ1n) is 5.92. The van der Waals surface area contributed by atoms with E-state index in [1.807, 2.05) is 30.3 Å². The smallest absolute Gasteiger partial charge is 0.325 e. The largest absolute Gasteiger partial charge is 0.480 e. The lowest BCUT2D eigenvalue weighted by Gasteiger charge is -2.10. The van der Waals surface area contributed by atoms with Crippen LogP contribution in [0.3, 0.4) is 0 Å². The Balaban J connectivity index is 1.80. The minimum absolute atomic E-state index is 0.105. The van der Waals surface area contributed by atoms with Crippen molar-refractivity contribution in [1.29, 1.82) is 0 Å². The van der Waals surface area contributed by atoms with E-state index in [1.54, 1.807) is 0 Å². The van der Waals surface area contributed by atoms with E-state index in [0.717, 1.165) is 6.42 Å². The van der Waals surface area contributed by atoms with Gasteiger partial charge in [0.25, 0.3) is 0 Å². The predicted octanol–water partition coefficient (Wildman–Crippen LogP) is 1.31. The highest BCUT2D eigenvalue weighted by Gasteiger charge is 2.39. The number of nitrogens with one attached hydrogen (secondary N) is 2. The molecule has 2 rings (SSSR count). The molecule has 1 aromatic rings. The molecule has 3 atom stereocenters. The highest BCUT2D eigenvalue weighted by atomic mass is 16.4. The second kappa shape index (κ2) is 5.08. The molecule has 0 saturated heterocycles. The van der Waals surface area contributed by atoms with E-state index in [2.05, 4.69) is 10.6 Å². The van der Waals surface area contributed by atoms with Crippen molar-refractivity contribution in [2.45, 2.75) is 31.3 Å². The molecule has 1 aromatic carbocycles. The van der Waals surface area contributed by atoms with Crippen molar-refractivity contribution < 1.29 is 14.7 Å². The monoisotopic (exact) mass is 248 g/mol. The minimum Gasteiger partial charge on any atom is -0.480 e. The van der Waals surface area contributed by atoms with Crippen LogP contribution >= 0.6 is 0 Å². The van der Waals surface area contributed by atoms with Crippen molar-refractivity contribution in [3.05, 3.63) is 35.9 Å².